The first-order valence-electron chi connectivity index (χ1n) is 13.4. The van der Waals surface area contributed by atoms with Crippen LogP contribution >= 0.6 is 0 Å². The number of rotatable bonds is 12. The van der Waals surface area contributed by atoms with Gasteiger partial charge in [0.15, 0.2) is 28.9 Å². The van der Waals surface area contributed by atoms with Crippen molar-refractivity contribution in [1.82, 2.24) is 10.6 Å². The highest BCUT2D eigenvalue weighted by molar-refractivity contribution is 6.02. The third-order valence-corrected chi connectivity index (χ3v) is 7.61. The maximum absolute atomic E-state index is 14.1. The van der Waals surface area contributed by atoms with Gasteiger partial charge in [0.25, 0.3) is 5.91 Å². The van der Waals surface area contributed by atoms with Gasteiger partial charge in [-0.3, -0.25) is 19.2 Å². The fraction of sp³-hybridized carbons (Fsp3) is 0.379. The zero-order chi connectivity index (χ0) is 30.1. The van der Waals surface area contributed by atoms with Crippen molar-refractivity contribution in [2.24, 2.45) is 17.6 Å². The van der Waals surface area contributed by atoms with Crippen molar-refractivity contribution in [3.63, 3.8) is 0 Å². The van der Waals surface area contributed by atoms with Gasteiger partial charge in [-0.25, -0.2) is 8.78 Å². The van der Waals surface area contributed by atoms with E-state index in [-0.39, 0.29) is 35.6 Å². The zero-order valence-electron chi connectivity index (χ0n) is 22.2. The summed E-state index contributed by atoms with van der Waals surface area (Å²) in [5, 5.41) is 5.75. The number of halogens is 4. The van der Waals surface area contributed by atoms with Crippen LogP contribution < -0.4 is 21.1 Å². The van der Waals surface area contributed by atoms with E-state index in [4.69, 9.17) is 14.9 Å². The number of fused-ring (bicyclic) bond motifs is 1. The summed E-state index contributed by atoms with van der Waals surface area (Å²) in [6.07, 6.45) is 2.21. The van der Waals surface area contributed by atoms with Gasteiger partial charge in [0.05, 0.1) is 12.0 Å². The zero-order valence-corrected chi connectivity index (χ0v) is 22.2. The van der Waals surface area contributed by atoms with Crippen molar-refractivity contribution in [3.05, 3.63) is 64.9 Å². The molecule has 1 aliphatic carbocycles. The van der Waals surface area contributed by atoms with Gasteiger partial charge in [-0.05, 0) is 31.2 Å². The first kappa shape index (κ1) is 29.1. The SMILES string of the molecule is NC(=O)c1oc2ccccc2c1[C@H](CC1CC1)C(=O)N[C@@H](C[C@@H]1CCNC1=O)C(=O)COc1c(F)c(F)cc(F)c1F. The fourth-order valence-corrected chi connectivity index (χ4v) is 5.26. The Labute approximate surface area is 236 Å². The smallest absolute Gasteiger partial charge is 0.284 e. The van der Waals surface area contributed by atoms with Crippen molar-refractivity contribution in [1.29, 1.82) is 0 Å². The number of benzene rings is 2. The van der Waals surface area contributed by atoms with Gasteiger partial charge in [0.2, 0.25) is 23.4 Å². The Morgan fingerprint density at radius 2 is 1.74 bits per heavy atom. The number of carbonyl (C=O) groups excluding carboxylic acids is 4. The molecular formula is C29H27F4N3O6. The van der Waals surface area contributed by atoms with E-state index in [0.29, 0.717) is 30.4 Å². The lowest BCUT2D eigenvalue weighted by atomic mass is 9.88. The van der Waals surface area contributed by atoms with E-state index in [0.717, 1.165) is 12.8 Å². The second kappa shape index (κ2) is 11.8. The number of nitrogens with two attached hydrogens (primary N) is 1. The quantitative estimate of drug-likeness (QED) is 0.218. The molecule has 0 radical (unpaired) electrons. The lowest BCUT2D eigenvalue weighted by molar-refractivity contribution is -0.131. The van der Waals surface area contributed by atoms with Crippen LogP contribution in [0.1, 0.15) is 54.1 Å². The molecule has 5 rings (SSSR count). The first-order chi connectivity index (χ1) is 20.0. The summed E-state index contributed by atoms with van der Waals surface area (Å²) in [5.41, 5.74) is 6.19. The Bertz CT molecular complexity index is 1540. The molecule has 0 unspecified atom stereocenters. The van der Waals surface area contributed by atoms with E-state index in [2.05, 4.69) is 10.6 Å². The number of primary amides is 1. The number of nitrogens with one attached hydrogen (secondary N) is 2. The highest BCUT2D eigenvalue weighted by Crippen LogP contribution is 2.42. The lowest BCUT2D eigenvalue weighted by Gasteiger charge is -2.24. The number of carbonyl (C=O) groups is 4. The average molecular weight is 590 g/mol. The predicted octanol–water partition coefficient (Wildman–Crippen LogP) is 3.63. The summed E-state index contributed by atoms with van der Waals surface area (Å²) in [6.45, 7) is -0.717. The van der Waals surface area contributed by atoms with Crippen LogP contribution in [0.3, 0.4) is 0 Å². The summed E-state index contributed by atoms with van der Waals surface area (Å²) >= 11 is 0. The largest absolute Gasteiger partial charge is 0.479 e. The van der Waals surface area contributed by atoms with Crippen LogP contribution in [0.25, 0.3) is 11.0 Å². The summed E-state index contributed by atoms with van der Waals surface area (Å²) in [6, 6.07) is 5.30. The van der Waals surface area contributed by atoms with Crippen molar-refractivity contribution < 1.29 is 45.9 Å². The number of ketones is 1. The molecule has 2 fully saturated rings. The molecule has 4 N–H and O–H groups in total. The molecule has 2 aliphatic rings. The number of hydrogen-bond acceptors (Lipinski definition) is 6. The standard InChI is InChI=1S/C29H27F4N3O6/c30-17-11-18(31)24(33)26(23(17)32)41-12-20(37)19(10-14-7-8-35-28(14)39)36-29(40)16(9-13-5-6-13)22-15-3-1-2-4-21(15)42-25(22)27(34)38/h1-4,11,13-14,16,19H,5-10,12H2,(H2,34,38)(H,35,39)(H,36,40)/t14-,16-,19-/m0/s1. The fourth-order valence-electron chi connectivity index (χ4n) is 5.26. The van der Waals surface area contributed by atoms with Crippen molar-refractivity contribution in [2.45, 2.75) is 44.1 Å². The van der Waals surface area contributed by atoms with Crippen LogP contribution in [-0.2, 0) is 14.4 Å². The van der Waals surface area contributed by atoms with Gasteiger partial charge in [0, 0.05) is 29.5 Å². The van der Waals surface area contributed by atoms with Crippen LogP contribution in [0, 0.1) is 35.1 Å². The molecule has 1 saturated heterocycles. The molecule has 222 valence electrons. The minimum absolute atomic E-state index is 0.000992. The summed E-state index contributed by atoms with van der Waals surface area (Å²) in [7, 11) is 0. The van der Waals surface area contributed by atoms with E-state index in [1.165, 1.54) is 0 Å². The van der Waals surface area contributed by atoms with Crippen molar-refractivity contribution in [3.8, 4) is 5.75 Å². The topological polar surface area (TPSA) is 141 Å². The van der Waals surface area contributed by atoms with Gasteiger partial charge in [0.1, 0.15) is 12.2 Å². The summed E-state index contributed by atoms with van der Waals surface area (Å²) < 4.78 is 66.0. The summed E-state index contributed by atoms with van der Waals surface area (Å²) in [5.74, 6) is -13.0. The number of amides is 3. The number of furan rings is 1. The Balaban J connectivity index is 1.43. The molecule has 9 nitrogen and oxygen atoms in total. The van der Waals surface area contributed by atoms with Gasteiger partial charge in [-0.2, -0.15) is 8.78 Å². The molecule has 2 heterocycles. The van der Waals surface area contributed by atoms with Gasteiger partial charge >= 0.3 is 0 Å². The van der Waals surface area contributed by atoms with Gasteiger partial charge in [-0.15, -0.1) is 0 Å². The van der Waals surface area contributed by atoms with Crippen LogP contribution in [-0.4, -0.2) is 42.7 Å². The lowest BCUT2D eigenvalue weighted by Crippen LogP contribution is -2.46. The third kappa shape index (κ3) is 5.95. The molecule has 1 aromatic heterocycles. The van der Waals surface area contributed by atoms with Crippen molar-refractivity contribution >= 4 is 34.5 Å². The monoisotopic (exact) mass is 589 g/mol. The molecule has 1 saturated carbocycles. The van der Waals surface area contributed by atoms with E-state index < -0.39 is 71.1 Å². The second-order valence-corrected chi connectivity index (χ2v) is 10.6. The molecular weight excluding hydrogens is 562 g/mol. The maximum atomic E-state index is 14.1. The number of Topliss-reactive ketones (excluding diaryl/α,β-unsaturated/α-hetero) is 1. The number of para-hydroxylation sites is 1. The molecule has 13 heteroatoms. The summed E-state index contributed by atoms with van der Waals surface area (Å²) in [4.78, 5) is 51.7. The van der Waals surface area contributed by atoms with Crippen LogP contribution in [0.5, 0.6) is 5.75 Å². The molecule has 0 bridgehead atoms. The Morgan fingerprint density at radius 3 is 2.36 bits per heavy atom. The van der Waals surface area contributed by atoms with Crippen LogP contribution in [0.15, 0.2) is 34.7 Å². The van der Waals surface area contributed by atoms with E-state index in [1.807, 2.05) is 0 Å². The molecule has 3 amide bonds. The average Bonchev–Trinajstić information content (AvgIpc) is 3.57. The van der Waals surface area contributed by atoms with Gasteiger partial charge in [-0.1, -0.05) is 31.0 Å². The molecule has 3 atom stereocenters. The minimum Gasteiger partial charge on any atom is -0.479 e. The van der Waals surface area contributed by atoms with Crippen molar-refractivity contribution in [2.75, 3.05) is 13.2 Å². The van der Waals surface area contributed by atoms with E-state index in [9.17, 15) is 36.7 Å². The van der Waals surface area contributed by atoms with Crippen LogP contribution in [0.2, 0.25) is 0 Å². The maximum Gasteiger partial charge on any atom is 0.284 e. The highest BCUT2D eigenvalue weighted by atomic mass is 19.2. The number of ether oxygens (including phenoxy) is 1. The van der Waals surface area contributed by atoms with E-state index >= 15 is 0 Å². The molecule has 1 aliphatic heterocycles. The number of hydrogen-bond donors (Lipinski definition) is 3. The third-order valence-electron chi connectivity index (χ3n) is 7.61. The Morgan fingerprint density at radius 1 is 1.05 bits per heavy atom. The highest BCUT2D eigenvalue weighted by Gasteiger charge is 2.38. The molecule has 2 aromatic carbocycles. The predicted molar refractivity (Wildman–Crippen MR) is 139 cm³/mol. The molecule has 0 spiro atoms. The van der Waals surface area contributed by atoms with Gasteiger partial charge < -0.3 is 25.5 Å². The Kier molecular flexibility index (Phi) is 8.19. The molecule has 3 aromatic rings. The first-order valence-corrected chi connectivity index (χ1v) is 13.4. The minimum atomic E-state index is -1.83. The second-order valence-electron chi connectivity index (χ2n) is 10.6. The Hall–Kier alpha value is -4.42. The molecule has 42 heavy (non-hydrogen) atoms. The normalized spacial score (nSPS) is 18.0. The van der Waals surface area contributed by atoms with E-state index in [1.54, 1.807) is 24.3 Å². The van der Waals surface area contributed by atoms with Crippen LogP contribution in [0.4, 0.5) is 17.6 Å².